The van der Waals surface area contributed by atoms with Crippen LogP contribution in [0.15, 0.2) is 18.2 Å². The van der Waals surface area contributed by atoms with Gasteiger partial charge < -0.3 is 4.57 Å². The van der Waals surface area contributed by atoms with E-state index in [1.807, 2.05) is 12.1 Å². The maximum Gasteiger partial charge on any atom is 0.125 e. The zero-order chi connectivity index (χ0) is 12.8. The van der Waals surface area contributed by atoms with E-state index in [1.165, 1.54) is 19.3 Å². The average Bonchev–Trinajstić information content (AvgIpc) is 2.67. The summed E-state index contributed by atoms with van der Waals surface area (Å²) in [5.74, 6) is 1.42. The summed E-state index contributed by atoms with van der Waals surface area (Å²) < 4.78 is 2.36. The lowest BCUT2D eigenvalue weighted by Crippen LogP contribution is -2.40. The van der Waals surface area contributed by atoms with Crippen LogP contribution in [0.3, 0.4) is 0 Å². The first-order chi connectivity index (χ1) is 8.70. The van der Waals surface area contributed by atoms with E-state index in [1.54, 1.807) is 0 Å². The molecule has 3 rings (SSSR count). The first-order valence-electron chi connectivity index (χ1n) is 6.43. The standard InChI is InChI=1S/C14H16Cl2N2/c1-2-14(6-3-7-14)18-12-5-4-10(16)8-11(12)17-13(18)9-15/h4-5,8H,2-3,6-7,9H2,1H3. The third-order valence-corrected chi connectivity index (χ3v) is 4.70. The third kappa shape index (κ3) is 1.66. The van der Waals surface area contributed by atoms with Crippen LogP contribution in [0.4, 0.5) is 0 Å². The zero-order valence-corrected chi connectivity index (χ0v) is 11.9. The lowest BCUT2D eigenvalue weighted by molar-refractivity contribution is 0.138. The Morgan fingerprint density at radius 2 is 2.17 bits per heavy atom. The summed E-state index contributed by atoms with van der Waals surface area (Å²) >= 11 is 12.1. The van der Waals surface area contributed by atoms with Gasteiger partial charge >= 0.3 is 0 Å². The molecule has 1 aliphatic carbocycles. The number of hydrogen-bond donors (Lipinski definition) is 0. The van der Waals surface area contributed by atoms with E-state index in [2.05, 4.69) is 22.5 Å². The van der Waals surface area contributed by atoms with Crippen LogP contribution in [0, 0.1) is 0 Å². The highest BCUT2D eigenvalue weighted by atomic mass is 35.5. The van der Waals surface area contributed by atoms with E-state index in [0.717, 1.165) is 28.3 Å². The van der Waals surface area contributed by atoms with Gasteiger partial charge in [0, 0.05) is 10.6 Å². The first kappa shape index (κ1) is 12.3. The zero-order valence-electron chi connectivity index (χ0n) is 10.4. The van der Waals surface area contributed by atoms with Crippen molar-refractivity contribution >= 4 is 34.2 Å². The van der Waals surface area contributed by atoms with E-state index in [-0.39, 0.29) is 5.54 Å². The minimum atomic E-state index is 0.229. The van der Waals surface area contributed by atoms with Crippen molar-refractivity contribution in [3.63, 3.8) is 0 Å². The Morgan fingerprint density at radius 1 is 1.39 bits per heavy atom. The average molecular weight is 283 g/mol. The highest BCUT2D eigenvalue weighted by Crippen LogP contribution is 2.45. The molecule has 0 bridgehead atoms. The molecular weight excluding hydrogens is 267 g/mol. The fraction of sp³-hybridized carbons (Fsp3) is 0.500. The second-order valence-corrected chi connectivity index (χ2v) is 5.77. The van der Waals surface area contributed by atoms with Crippen molar-refractivity contribution in [2.24, 2.45) is 0 Å². The number of hydrogen-bond acceptors (Lipinski definition) is 1. The molecule has 0 atom stereocenters. The quantitative estimate of drug-likeness (QED) is 0.745. The Hall–Kier alpha value is -0.730. The molecule has 1 saturated carbocycles. The van der Waals surface area contributed by atoms with Gasteiger partial charge in [-0.05, 0) is 43.9 Å². The monoisotopic (exact) mass is 282 g/mol. The topological polar surface area (TPSA) is 17.8 Å². The molecule has 0 N–H and O–H groups in total. The summed E-state index contributed by atoms with van der Waals surface area (Å²) in [4.78, 5) is 4.63. The molecule has 1 aliphatic rings. The van der Waals surface area contributed by atoms with Crippen LogP contribution < -0.4 is 0 Å². The molecule has 1 aromatic heterocycles. The predicted molar refractivity (Wildman–Crippen MR) is 76.4 cm³/mol. The van der Waals surface area contributed by atoms with Gasteiger partial charge in [-0.2, -0.15) is 0 Å². The van der Waals surface area contributed by atoms with Crippen molar-refractivity contribution < 1.29 is 0 Å². The van der Waals surface area contributed by atoms with Crippen LogP contribution in [0.5, 0.6) is 0 Å². The van der Waals surface area contributed by atoms with Crippen molar-refractivity contribution in [3.05, 3.63) is 29.0 Å². The van der Waals surface area contributed by atoms with E-state index < -0.39 is 0 Å². The summed E-state index contributed by atoms with van der Waals surface area (Å²) in [6, 6.07) is 5.92. The van der Waals surface area contributed by atoms with Crippen molar-refractivity contribution in [2.75, 3.05) is 0 Å². The number of nitrogens with zero attached hydrogens (tertiary/aromatic N) is 2. The minimum Gasteiger partial charge on any atom is -0.321 e. The molecule has 1 aromatic carbocycles. The van der Waals surface area contributed by atoms with Gasteiger partial charge in [0.05, 0.1) is 16.9 Å². The van der Waals surface area contributed by atoms with Crippen molar-refractivity contribution in [1.82, 2.24) is 9.55 Å². The van der Waals surface area contributed by atoms with Gasteiger partial charge in [0.15, 0.2) is 0 Å². The Kier molecular flexibility index (Phi) is 3.03. The fourth-order valence-electron chi connectivity index (χ4n) is 3.04. The normalized spacial score (nSPS) is 17.9. The molecule has 0 saturated heterocycles. The molecule has 0 aliphatic heterocycles. The number of alkyl halides is 1. The first-order valence-corrected chi connectivity index (χ1v) is 7.35. The molecule has 0 spiro atoms. The molecule has 2 aromatic rings. The summed E-state index contributed by atoms with van der Waals surface area (Å²) in [7, 11) is 0. The van der Waals surface area contributed by atoms with Gasteiger partial charge in [0.1, 0.15) is 5.82 Å². The predicted octanol–water partition coefficient (Wildman–Crippen LogP) is 4.72. The Balaban J connectivity index is 2.25. The van der Waals surface area contributed by atoms with Crippen molar-refractivity contribution in [1.29, 1.82) is 0 Å². The van der Waals surface area contributed by atoms with Gasteiger partial charge in [0.2, 0.25) is 0 Å². The summed E-state index contributed by atoms with van der Waals surface area (Å²) in [5.41, 5.74) is 2.35. The summed E-state index contributed by atoms with van der Waals surface area (Å²) in [6.45, 7) is 2.25. The number of halogens is 2. The molecule has 2 nitrogen and oxygen atoms in total. The molecule has 18 heavy (non-hydrogen) atoms. The lowest BCUT2D eigenvalue weighted by atomic mass is 9.74. The maximum absolute atomic E-state index is 6.07. The maximum atomic E-state index is 6.07. The number of fused-ring (bicyclic) bond motifs is 1. The molecule has 4 heteroatoms. The number of rotatable bonds is 3. The molecule has 0 amide bonds. The number of imidazole rings is 1. The van der Waals surface area contributed by atoms with Crippen LogP contribution in [-0.2, 0) is 11.4 Å². The smallest absolute Gasteiger partial charge is 0.125 e. The van der Waals surface area contributed by atoms with Gasteiger partial charge in [-0.15, -0.1) is 11.6 Å². The van der Waals surface area contributed by atoms with E-state index >= 15 is 0 Å². The van der Waals surface area contributed by atoms with E-state index in [0.29, 0.717) is 5.88 Å². The van der Waals surface area contributed by atoms with Gasteiger partial charge in [-0.3, -0.25) is 0 Å². The lowest BCUT2D eigenvalue weighted by Gasteiger charge is -2.44. The van der Waals surface area contributed by atoms with Gasteiger partial charge in [-0.25, -0.2) is 4.98 Å². The van der Waals surface area contributed by atoms with E-state index in [9.17, 15) is 0 Å². The third-order valence-electron chi connectivity index (χ3n) is 4.22. The summed E-state index contributed by atoms with van der Waals surface area (Å²) in [5, 5.41) is 0.729. The number of benzene rings is 1. The molecule has 96 valence electrons. The van der Waals surface area contributed by atoms with Gasteiger partial charge in [0.25, 0.3) is 0 Å². The van der Waals surface area contributed by atoms with Crippen LogP contribution in [0.2, 0.25) is 5.02 Å². The Morgan fingerprint density at radius 3 is 2.72 bits per heavy atom. The Labute approximate surface area is 117 Å². The van der Waals surface area contributed by atoms with Crippen molar-refractivity contribution in [3.8, 4) is 0 Å². The second kappa shape index (κ2) is 4.43. The van der Waals surface area contributed by atoms with E-state index in [4.69, 9.17) is 23.2 Å². The molecule has 0 unspecified atom stereocenters. The van der Waals surface area contributed by atoms with Gasteiger partial charge in [-0.1, -0.05) is 18.5 Å². The Bertz CT molecular complexity index is 579. The second-order valence-electron chi connectivity index (χ2n) is 5.06. The van der Waals surface area contributed by atoms with Crippen LogP contribution in [0.25, 0.3) is 11.0 Å². The molecule has 1 heterocycles. The summed E-state index contributed by atoms with van der Waals surface area (Å²) in [6.07, 6.45) is 4.87. The fourth-order valence-corrected chi connectivity index (χ4v) is 3.39. The van der Waals surface area contributed by atoms with Crippen LogP contribution in [-0.4, -0.2) is 9.55 Å². The van der Waals surface area contributed by atoms with Crippen molar-refractivity contribution in [2.45, 2.75) is 44.0 Å². The highest BCUT2D eigenvalue weighted by molar-refractivity contribution is 6.31. The molecular formula is C14H16Cl2N2. The van der Waals surface area contributed by atoms with Crippen LogP contribution >= 0.6 is 23.2 Å². The highest BCUT2D eigenvalue weighted by Gasteiger charge is 2.39. The SMILES string of the molecule is CCC1(n2c(CCl)nc3cc(Cl)ccc32)CCC1. The largest absolute Gasteiger partial charge is 0.321 e. The van der Waals surface area contributed by atoms with Crippen LogP contribution in [0.1, 0.15) is 38.4 Å². The number of aromatic nitrogens is 2. The minimum absolute atomic E-state index is 0.229. The molecule has 1 fully saturated rings. The molecule has 0 radical (unpaired) electrons.